The third-order valence-corrected chi connectivity index (χ3v) is 2.26. The second-order valence-corrected chi connectivity index (χ2v) is 4.15. The fraction of sp³-hybridized carbons (Fsp3) is 0.800. The highest BCUT2D eigenvalue weighted by Gasteiger charge is 1.94. The van der Waals surface area contributed by atoms with Gasteiger partial charge in [0.1, 0.15) is 6.61 Å². The van der Waals surface area contributed by atoms with Crippen molar-refractivity contribution in [2.24, 2.45) is 0 Å². The van der Waals surface area contributed by atoms with E-state index in [0.717, 1.165) is 0 Å². The molecule has 0 atom stereocenters. The van der Waals surface area contributed by atoms with E-state index in [1.165, 1.54) is 6.92 Å². The molecule has 0 fully saturated rings. The first-order valence-corrected chi connectivity index (χ1v) is 7.40. The van der Waals surface area contributed by atoms with Crippen LogP contribution >= 0.6 is 0 Å². The maximum absolute atomic E-state index is 10.5. The van der Waals surface area contributed by atoms with Crippen molar-refractivity contribution in [2.45, 2.75) is 6.92 Å². The van der Waals surface area contributed by atoms with E-state index < -0.39 is 0 Å². The number of carbonyl (C=O) groups excluding carboxylic acids is 1. The molecule has 0 saturated heterocycles. The van der Waals surface area contributed by atoms with Gasteiger partial charge >= 0.3 is 5.97 Å². The molecule has 7 nitrogen and oxygen atoms in total. The lowest BCUT2D eigenvalue weighted by Gasteiger charge is -2.07. The Morgan fingerprint density at radius 3 is 1.45 bits per heavy atom. The van der Waals surface area contributed by atoms with Crippen molar-refractivity contribution >= 4 is 5.97 Å². The minimum atomic E-state index is -0.301. The number of hydrogen-bond donors (Lipinski definition) is 0. The molecule has 0 unspecified atom stereocenters. The molecule has 0 aliphatic heterocycles. The second kappa shape index (κ2) is 18.1. The van der Waals surface area contributed by atoms with Crippen LogP contribution in [0.2, 0.25) is 0 Å². The lowest BCUT2D eigenvalue weighted by Crippen LogP contribution is -2.14. The van der Waals surface area contributed by atoms with Crippen LogP contribution < -0.4 is 0 Å². The molecule has 7 heteroatoms. The molecule has 0 aliphatic carbocycles. The molecule has 0 bridgehead atoms. The van der Waals surface area contributed by atoms with Crippen LogP contribution in [0.25, 0.3) is 0 Å². The Morgan fingerprint density at radius 2 is 1.09 bits per heavy atom. The number of carbonyl (C=O) groups is 1. The van der Waals surface area contributed by atoms with Gasteiger partial charge in [0, 0.05) is 6.92 Å². The number of ether oxygens (including phenoxy) is 6. The van der Waals surface area contributed by atoms with Gasteiger partial charge in [-0.1, -0.05) is 6.08 Å². The third kappa shape index (κ3) is 19.0. The zero-order valence-corrected chi connectivity index (χ0v) is 13.4. The summed E-state index contributed by atoms with van der Waals surface area (Å²) in [6, 6.07) is 0. The summed E-state index contributed by atoms with van der Waals surface area (Å²) in [6.07, 6.45) is 1.70. The molecule has 0 heterocycles. The predicted octanol–water partition coefficient (Wildman–Crippen LogP) is 0.819. The van der Waals surface area contributed by atoms with E-state index in [4.69, 9.17) is 28.4 Å². The van der Waals surface area contributed by atoms with Crippen molar-refractivity contribution in [3.05, 3.63) is 12.7 Å². The van der Waals surface area contributed by atoms with Crippen molar-refractivity contribution in [1.82, 2.24) is 0 Å². The first-order valence-electron chi connectivity index (χ1n) is 7.40. The highest BCUT2D eigenvalue weighted by molar-refractivity contribution is 5.65. The standard InChI is InChI=1S/C15H28O7/c1-3-4-17-5-6-18-7-8-19-9-10-20-11-12-21-13-14-22-15(2)16/h3H,1,4-14H2,2H3. The molecular weight excluding hydrogens is 292 g/mol. The summed E-state index contributed by atoms with van der Waals surface area (Å²) >= 11 is 0. The minimum Gasteiger partial charge on any atom is -0.463 e. The van der Waals surface area contributed by atoms with Gasteiger partial charge in [0.2, 0.25) is 0 Å². The Kier molecular flexibility index (Phi) is 17.2. The Morgan fingerprint density at radius 1 is 0.727 bits per heavy atom. The average molecular weight is 320 g/mol. The van der Waals surface area contributed by atoms with Crippen molar-refractivity contribution in [3.8, 4) is 0 Å². The second-order valence-electron chi connectivity index (χ2n) is 4.15. The summed E-state index contributed by atoms with van der Waals surface area (Å²) in [7, 11) is 0. The van der Waals surface area contributed by atoms with Crippen LogP contribution in [0, 0.1) is 0 Å². The Hall–Kier alpha value is -0.990. The lowest BCUT2D eigenvalue weighted by atomic mass is 10.6. The fourth-order valence-electron chi connectivity index (χ4n) is 1.29. The van der Waals surface area contributed by atoms with Crippen LogP contribution in [0.15, 0.2) is 12.7 Å². The number of esters is 1. The maximum Gasteiger partial charge on any atom is 0.302 e. The number of rotatable bonds is 17. The van der Waals surface area contributed by atoms with Gasteiger partial charge in [0.15, 0.2) is 0 Å². The Bertz CT molecular complexity index is 258. The monoisotopic (exact) mass is 320 g/mol. The first kappa shape index (κ1) is 21.0. The van der Waals surface area contributed by atoms with E-state index in [1.54, 1.807) is 6.08 Å². The van der Waals surface area contributed by atoms with Crippen LogP contribution in [0.1, 0.15) is 6.92 Å². The lowest BCUT2D eigenvalue weighted by molar-refractivity contribution is -0.142. The molecule has 22 heavy (non-hydrogen) atoms. The van der Waals surface area contributed by atoms with E-state index in [9.17, 15) is 4.79 Å². The fourth-order valence-corrected chi connectivity index (χ4v) is 1.29. The molecule has 0 aliphatic rings. The summed E-state index contributed by atoms with van der Waals surface area (Å²) < 4.78 is 31.0. The van der Waals surface area contributed by atoms with Gasteiger partial charge in [-0.15, -0.1) is 6.58 Å². The van der Waals surface area contributed by atoms with Crippen LogP contribution in [0.5, 0.6) is 0 Å². The molecule has 0 aromatic rings. The smallest absolute Gasteiger partial charge is 0.302 e. The molecule has 0 spiro atoms. The Balaban J connectivity index is 2.97. The van der Waals surface area contributed by atoms with Gasteiger partial charge in [-0.2, -0.15) is 0 Å². The van der Waals surface area contributed by atoms with Crippen LogP contribution in [0.3, 0.4) is 0 Å². The maximum atomic E-state index is 10.5. The molecule has 130 valence electrons. The van der Waals surface area contributed by atoms with Gasteiger partial charge in [0.25, 0.3) is 0 Å². The summed E-state index contributed by atoms with van der Waals surface area (Å²) in [4.78, 5) is 10.5. The zero-order chi connectivity index (χ0) is 16.3. The molecule has 0 aromatic heterocycles. The quantitative estimate of drug-likeness (QED) is 0.223. The van der Waals surface area contributed by atoms with Crippen molar-refractivity contribution in [1.29, 1.82) is 0 Å². The summed E-state index contributed by atoms with van der Waals surface area (Å²) in [5.74, 6) is -0.301. The average Bonchev–Trinajstić information content (AvgIpc) is 2.50. The highest BCUT2D eigenvalue weighted by atomic mass is 16.6. The molecular formula is C15H28O7. The van der Waals surface area contributed by atoms with Gasteiger partial charge in [0.05, 0.1) is 66.1 Å². The SMILES string of the molecule is C=CCOCCOCCOCCOCCOCCOC(C)=O. The van der Waals surface area contributed by atoms with Gasteiger partial charge in [-0.3, -0.25) is 4.79 Å². The normalized spacial score (nSPS) is 10.6. The summed E-state index contributed by atoms with van der Waals surface area (Å²) in [5.41, 5.74) is 0. The van der Waals surface area contributed by atoms with Gasteiger partial charge in [-0.25, -0.2) is 0 Å². The van der Waals surface area contributed by atoms with Gasteiger partial charge < -0.3 is 28.4 Å². The number of hydrogen-bond acceptors (Lipinski definition) is 7. The van der Waals surface area contributed by atoms with Crippen LogP contribution in [-0.4, -0.2) is 78.6 Å². The van der Waals surface area contributed by atoms with Crippen molar-refractivity contribution in [3.63, 3.8) is 0 Å². The predicted molar refractivity (Wildman–Crippen MR) is 80.9 cm³/mol. The van der Waals surface area contributed by atoms with Crippen molar-refractivity contribution < 1.29 is 33.2 Å². The third-order valence-electron chi connectivity index (χ3n) is 2.26. The van der Waals surface area contributed by atoms with Gasteiger partial charge in [-0.05, 0) is 0 Å². The van der Waals surface area contributed by atoms with E-state index in [-0.39, 0.29) is 12.6 Å². The molecule has 0 radical (unpaired) electrons. The van der Waals surface area contributed by atoms with E-state index in [0.29, 0.717) is 66.1 Å². The zero-order valence-electron chi connectivity index (χ0n) is 13.4. The highest BCUT2D eigenvalue weighted by Crippen LogP contribution is 1.84. The van der Waals surface area contributed by atoms with E-state index in [1.807, 2.05) is 0 Å². The van der Waals surface area contributed by atoms with E-state index in [2.05, 4.69) is 6.58 Å². The molecule has 0 aromatic carbocycles. The van der Waals surface area contributed by atoms with Crippen LogP contribution in [-0.2, 0) is 33.2 Å². The first-order chi connectivity index (χ1) is 10.8. The summed E-state index contributed by atoms with van der Waals surface area (Å²) in [5, 5.41) is 0. The van der Waals surface area contributed by atoms with Crippen LogP contribution in [0.4, 0.5) is 0 Å². The molecule has 0 rings (SSSR count). The minimum absolute atomic E-state index is 0.275. The summed E-state index contributed by atoms with van der Waals surface area (Å²) in [6.45, 7) is 10.3. The van der Waals surface area contributed by atoms with Crippen molar-refractivity contribution in [2.75, 3.05) is 72.7 Å². The Labute approximate surface area is 132 Å². The molecule has 0 amide bonds. The topological polar surface area (TPSA) is 72.5 Å². The van der Waals surface area contributed by atoms with E-state index >= 15 is 0 Å². The largest absolute Gasteiger partial charge is 0.463 e. The molecule has 0 saturated carbocycles. The molecule has 0 N–H and O–H groups in total.